The summed E-state index contributed by atoms with van der Waals surface area (Å²) < 4.78 is 1.92. The SMILES string of the molecule is CC(NC(=O)[C@@H](C)N)c1cccc(-n2ccnc2)c1.Cl.Cl. The highest BCUT2D eigenvalue weighted by atomic mass is 35.5. The number of amides is 1. The maximum Gasteiger partial charge on any atom is 0.237 e. The number of imidazole rings is 1. The van der Waals surface area contributed by atoms with Crippen LogP contribution in [0.15, 0.2) is 43.0 Å². The number of halogens is 2. The van der Waals surface area contributed by atoms with E-state index in [9.17, 15) is 4.79 Å². The van der Waals surface area contributed by atoms with E-state index < -0.39 is 6.04 Å². The smallest absolute Gasteiger partial charge is 0.237 e. The number of rotatable bonds is 4. The highest BCUT2D eigenvalue weighted by Gasteiger charge is 2.13. The molecule has 2 aromatic rings. The van der Waals surface area contributed by atoms with Gasteiger partial charge in [-0.25, -0.2) is 4.98 Å². The lowest BCUT2D eigenvalue weighted by Crippen LogP contribution is -2.39. The molecule has 1 unspecified atom stereocenters. The molecule has 2 atom stereocenters. The van der Waals surface area contributed by atoms with Gasteiger partial charge in [0.25, 0.3) is 0 Å². The minimum atomic E-state index is -0.501. The van der Waals surface area contributed by atoms with Gasteiger partial charge in [0.15, 0.2) is 0 Å². The zero-order chi connectivity index (χ0) is 13.8. The van der Waals surface area contributed by atoms with Crippen molar-refractivity contribution in [2.24, 2.45) is 5.73 Å². The van der Waals surface area contributed by atoms with Gasteiger partial charge in [-0.1, -0.05) is 12.1 Å². The monoisotopic (exact) mass is 330 g/mol. The maximum absolute atomic E-state index is 11.6. The van der Waals surface area contributed by atoms with Crippen molar-refractivity contribution in [3.05, 3.63) is 48.5 Å². The molecule has 3 N–H and O–H groups in total. The van der Waals surface area contributed by atoms with Crippen LogP contribution < -0.4 is 11.1 Å². The molecule has 0 saturated carbocycles. The van der Waals surface area contributed by atoms with E-state index in [-0.39, 0.29) is 36.8 Å². The molecule has 0 aliphatic heterocycles. The van der Waals surface area contributed by atoms with Crippen molar-refractivity contribution in [2.75, 3.05) is 0 Å². The van der Waals surface area contributed by atoms with E-state index in [2.05, 4.69) is 10.3 Å². The first-order valence-corrected chi connectivity index (χ1v) is 6.22. The molecule has 21 heavy (non-hydrogen) atoms. The predicted molar refractivity (Wildman–Crippen MR) is 88.3 cm³/mol. The third-order valence-electron chi connectivity index (χ3n) is 2.95. The molecular formula is C14H20Cl2N4O. The topological polar surface area (TPSA) is 72.9 Å². The second-order valence-corrected chi connectivity index (χ2v) is 4.58. The van der Waals surface area contributed by atoms with Crippen molar-refractivity contribution in [1.82, 2.24) is 14.9 Å². The normalized spacial score (nSPS) is 12.5. The summed E-state index contributed by atoms with van der Waals surface area (Å²) in [6, 6.07) is 7.37. The number of hydrogen-bond acceptors (Lipinski definition) is 3. The first kappa shape index (κ1) is 19.4. The summed E-state index contributed by atoms with van der Waals surface area (Å²) in [5.74, 6) is -0.152. The second-order valence-electron chi connectivity index (χ2n) is 4.58. The number of nitrogens with zero attached hydrogens (tertiary/aromatic N) is 2. The Kier molecular flexibility index (Phi) is 8.02. The Hall–Kier alpha value is -1.56. The molecule has 1 aromatic heterocycles. The maximum atomic E-state index is 11.6. The Morgan fingerprint density at radius 3 is 2.62 bits per heavy atom. The van der Waals surface area contributed by atoms with Crippen LogP contribution in [-0.2, 0) is 4.79 Å². The van der Waals surface area contributed by atoms with Crippen LogP contribution in [0.5, 0.6) is 0 Å². The Morgan fingerprint density at radius 2 is 2.05 bits per heavy atom. The first-order chi connectivity index (χ1) is 9.08. The number of carbonyl (C=O) groups excluding carboxylic acids is 1. The number of benzene rings is 1. The van der Waals surface area contributed by atoms with Crippen molar-refractivity contribution >= 4 is 30.7 Å². The molecule has 7 heteroatoms. The quantitative estimate of drug-likeness (QED) is 0.902. The van der Waals surface area contributed by atoms with Gasteiger partial charge in [-0.3, -0.25) is 4.79 Å². The van der Waals surface area contributed by atoms with Crippen molar-refractivity contribution < 1.29 is 4.79 Å². The zero-order valence-electron chi connectivity index (χ0n) is 11.9. The van der Waals surface area contributed by atoms with Gasteiger partial charge in [0.05, 0.1) is 18.4 Å². The van der Waals surface area contributed by atoms with Gasteiger partial charge >= 0.3 is 0 Å². The van der Waals surface area contributed by atoms with Gasteiger partial charge in [0.1, 0.15) is 0 Å². The van der Waals surface area contributed by atoms with E-state index in [1.807, 2.05) is 42.0 Å². The van der Waals surface area contributed by atoms with Gasteiger partial charge in [0.2, 0.25) is 5.91 Å². The van der Waals surface area contributed by atoms with Crippen LogP contribution in [0.3, 0.4) is 0 Å². The van der Waals surface area contributed by atoms with E-state index in [0.29, 0.717) is 0 Å². The fourth-order valence-corrected chi connectivity index (χ4v) is 1.79. The highest BCUT2D eigenvalue weighted by Crippen LogP contribution is 2.16. The fraction of sp³-hybridized carbons (Fsp3) is 0.286. The second kappa shape index (κ2) is 8.67. The molecule has 2 rings (SSSR count). The minimum Gasteiger partial charge on any atom is -0.348 e. The van der Waals surface area contributed by atoms with E-state index in [4.69, 9.17) is 5.73 Å². The first-order valence-electron chi connectivity index (χ1n) is 6.22. The van der Waals surface area contributed by atoms with E-state index >= 15 is 0 Å². The number of nitrogens with two attached hydrogens (primary N) is 1. The van der Waals surface area contributed by atoms with Crippen LogP contribution in [0.4, 0.5) is 0 Å². The van der Waals surface area contributed by atoms with Gasteiger partial charge in [-0.05, 0) is 31.5 Å². The van der Waals surface area contributed by atoms with Crippen molar-refractivity contribution in [2.45, 2.75) is 25.9 Å². The van der Waals surface area contributed by atoms with Crippen LogP contribution in [0.25, 0.3) is 5.69 Å². The molecule has 0 aliphatic rings. The zero-order valence-corrected chi connectivity index (χ0v) is 13.5. The summed E-state index contributed by atoms with van der Waals surface area (Å²) >= 11 is 0. The lowest BCUT2D eigenvalue weighted by Gasteiger charge is -2.17. The molecule has 0 aliphatic carbocycles. The van der Waals surface area contributed by atoms with Crippen LogP contribution in [0, 0.1) is 0 Å². The fourth-order valence-electron chi connectivity index (χ4n) is 1.79. The molecule has 0 saturated heterocycles. The van der Waals surface area contributed by atoms with Crippen LogP contribution in [-0.4, -0.2) is 21.5 Å². The summed E-state index contributed by atoms with van der Waals surface area (Å²) in [6.45, 7) is 3.61. The van der Waals surface area contributed by atoms with Crippen molar-refractivity contribution in [3.63, 3.8) is 0 Å². The molecule has 5 nitrogen and oxygen atoms in total. The molecule has 0 fully saturated rings. The van der Waals surface area contributed by atoms with E-state index in [0.717, 1.165) is 11.3 Å². The van der Waals surface area contributed by atoms with Crippen LogP contribution in [0.1, 0.15) is 25.5 Å². The lowest BCUT2D eigenvalue weighted by atomic mass is 10.1. The van der Waals surface area contributed by atoms with E-state index in [1.54, 1.807) is 19.4 Å². The number of hydrogen-bond donors (Lipinski definition) is 2. The number of nitrogens with one attached hydrogen (secondary N) is 1. The third kappa shape index (κ3) is 5.04. The molecule has 1 amide bonds. The lowest BCUT2D eigenvalue weighted by molar-refractivity contribution is -0.122. The van der Waals surface area contributed by atoms with Gasteiger partial charge in [0, 0.05) is 18.1 Å². The van der Waals surface area contributed by atoms with E-state index in [1.165, 1.54) is 0 Å². The summed E-state index contributed by atoms with van der Waals surface area (Å²) in [5.41, 5.74) is 7.58. The van der Waals surface area contributed by atoms with Gasteiger partial charge in [-0.15, -0.1) is 24.8 Å². The summed E-state index contributed by atoms with van der Waals surface area (Å²) in [7, 11) is 0. The summed E-state index contributed by atoms with van der Waals surface area (Å²) in [5, 5.41) is 2.88. The highest BCUT2D eigenvalue weighted by molar-refractivity contribution is 5.85. The molecule has 0 radical (unpaired) electrons. The Morgan fingerprint density at radius 1 is 1.33 bits per heavy atom. The third-order valence-corrected chi connectivity index (χ3v) is 2.95. The molecule has 0 spiro atoms. The van der Waals surface area contributed by atoms with Gasteiger partial charge < -0.3 is 15.6 Å². The van der Waals surface area contributed by atoms with Crippen molar-refractivity contribution in [1.29, 1.82) is 0 Å². The summed E-state index contributed by atoms with van der Waals surface area (Å²) in [4.78, 5) is 15.6. The Balaban J connectivity index is 0.00000200. The number of aromatic nitrogens is 2. The van der Waals surface area contributed by atoms with Crippen LogP contribution >= 0.6 is 24.8 Å². The molecular weight excluding hydrogens is 311 g/mol. The average molecular weight is 331 g/mol. The largest absolute Gasteiger partial charge is 0.348 e. The Labute approximate surface area is 136 Å². The van der Waals surface area contributed by atoms with Crippen LogP contribution in [0.2, 0.25) is 0 Å². The Bertz CT molecular complexity index is 558. The minimum absolute atomic E-state index is 0. The molecule has 116 valence electrons. The van der Waals surface area contributed by atoms with Gasteiger partial charge in [-0.2, -0.15) is 0 Å². The molecule has 1 heterocycles. The molecule has 1 aromatic carbocycles. The predicted octanol–water partition coefficient (Wildman–Crippen LogP) is 2.24. The average Bonchev–Trinajstić information content (AvgIpc) is 2.92. The van der Waals surface area contributed by atoms with Crippen molar-refractivity contribution in [3.8, 4) is 5.69 Å². The summed E-state index contributed by atoms with van der Waals surface area (Å²) in [6.07, 6.45) is 5.35. The molecule has 0 bridgehead atoms. The number of carbonyl (C=O) groups is 1. The standard InChI is InChI=1S/C14H18N4O.2ClH/c1-10(15)14(19)17-11(2)12-4-3-5-13(8-12)18-7-6-16-9-18;;/h3-11H,15H2,1-2H3,(H,17,19);2*1H/t10-,11?;;/m1../s1.